The zero-order valence-electron chi connectivity index (χ0n) is 11.0. The van der Waals surface area contributed by atoms with Crippen LogP contribution in [0.15, 0.2) is 22.7 Å². The van der Waals surface area contributed by atoms with E-state index in [-0.39, 0.29) is 6.03 Å². The monoisotopic (exact) mass is 348 g/mol. The maximum atomic E-state index is 11.8. The summed E-state index contributed by atoms with van der Waals surface area (Å²) in [5.74, 6) is 0. The maximum Gasteiger partial charge on any atom is 0.317 e. The first kappa shape index (κ1) is 16.3. The van der Waals surface area contributed by atoms with Crippen LogP contribution in [-0.4, -0.2) is 35.7 Å². The van der Waals surface area contributed by atoms with Gasteiger partial charge in [0.15, 0.2) is 0 Å². The summed E-state index contributed by atoms with van der Waals surface area (Å²) in [6.45, 7) is 2.59. The highest BCUT2D eigenvalue weighted by molar-refractivity contribution is 9.10. The number of hydrogen-bond acceptors (Lipinski definition) is 2. The van der Waals surface area contributed by atoms with Gasteiger partial charge >= 0.3 is 6.03 Å². The first-order valence-electron chi connectivity index (χ1n) is 6.01. The standard InChI is InChI=1S/C13H18BrClN2O2/c1-9(18)5-6-17(2)13(19)16-8-10-3-4-11(14)7-12(10)15/h3-4,7,9,18H,5-6,8H2,1-2H3,(H,16,19). The number of aliphatic hydroxyl groups is 1. The number of benzene rings is 1. The highest BCUT2D eigenvalue weighted by Crippen LogP contribution is 2.21. The van der Waals surface area contributed by atoms with E-state index in [0.29, 0.717) is 24.5 Å². The van der Waals surface area contributed by atoms with Crippen molar-refractivity contribution in [1.29, 1.82) is 0 Å². The summed E-state index contributed by atoms with van der Waals surface area (Å²) in [4.78, 5) is 13.3. The second-order valence-corrected chi connectivity index (χ2v) is 5.78. The van der Waals surface area contributed by atoms with Crippen LogP contribution in [0.2, 0.25) is 5.02 Å². The Morgan fingerprint density at radius 3 is 2.84 bits per heavy atom. The van der Waals surface area contributed by atoms with E-state index in [4.69, 9.17) is 11.6 Å². The highest BCUT2D eigenvalue weighted by Gasteiger charge is 2.10. The smallest absolute Gasteiger partial charge is 0.317 e. The Labute approximate surface area is 126 Å². The molecule has 0 heterocycles. The molecule has 0 bridgehead atoms. The summed E-state index contributed by atoms with van der Waals surface area (Å²) in [5.41, 5.74) is 0.863. The van der Waals surface area contributed by atoms with Crippen molar-refractivity contribution >= 4 is 33.6 Å². The van der Waals surface area contributed by atoms with Gasteiger partial charge in [0.1, 0.15) is 0 Å². The summed E-state index contributed by atoms with van der Waals surface area (Å²) in [7, 11) is 1.70. The lowest BCUT2D eigenvalue weighted by Crippen LogP contribution is -2.38. The van der Waals surface area contributed by atoms with Crippen molar-refractivity contribution in [3.05, 3.63) is 33.3 Å². The Hall–Kier alpha value is -0.780. The molecule has 2 N–H and O–H groups in total. The fraction of sp³-hybridized carbons (Fsp3) is 0.462. The van der Waals surface area contributed by atoms with E-state index in [9.17, 15) is 9.90 Å². The molecule has 0 saturated carbocycles. The predicted molar refractivity (Wildman–Crippen MR) is 80.3 cm³/mol. The molecule has 0 fully saturated rings. The van der Waals surface area contributed by atoms with Crippen LogP contribution in [0, 0.1) is 0 Å². The van der Waals surface area contributed by atoms with E-state index >= 15 is 0 Å². The molecule has 0 aliphatic rings. The summed E-state index contributed by atoms with van der Waals surface area (Å²) in [5, 5.41) is 12.6. The molecule has 1 aromatic carbocycles. The average Bonchev–Trinajstić information content (AvgIpc) is 2.34. The van der Waals surface area contributed by atoms with Crippen molar-refractivity contribution in [3.63, 3.8) is 0 Å². The van der Waals surface area contributed by atoms with Gasteiger partial charge in [-0.2, -0.15) is 0 Å². The molecule has 0 spiro atoms. The Balaban J connectivity index is 2.45. The van der Waals surface area contributed by atoms with E-state index in [1.54, 1.807) is 24.9 Å². The molecule has 0 aliphatic carbocycles. The number of hydrogen-bond donors (Lipinski definition) is 2. The lowest BCUT2D eigenvalue weighted by molar-refractivity contribution is 0.163. The molecular weight excluding hydrogens is 332 g/mol. The largest absolute Gasteiger partial charge is 0.393 e. The SMILES string of the molecule is CC(O)CCN(C)C(=O)NCc1ccc(Br)cc1Cl. The van der Waals surface area contributed by atoms with Crippen molar-refractivity contribution < 1.29 is 9.90 Å². The molecule has 1 aromatic rings. The Bertz CT molecular complexity index is 441. The molecule has 2 amide bonds. The zero-order chi connectivity index (χ0) is 14.4. The molecule has 1 unspecified atom stereocenters. The molecule has 106 valence electrons. The molecule has 6 heteroatoms. The number of rotatable bonds is 5. The summed E-state index contributed by atoms with van der Waals surface area (Å²) in [6.07, 6.45) is 0.152. The minimum absolute atomic E-state index is 0.181. The fourth-order valence-corrected chi connectivity index (χ4v) is 2.19. The molecule has 1 rings (SSSR count). The molecule has 0 aromatic heterocycles. The molecule has 1 atom stereocenters. The molecular formula is C13H18BrClN2O2. The van der Waals surface area contributed by atoms with Crippen molar-refractivity contribution in [2.75, 3.05) is 13.6 Å². The lowest BCUT2D eigenvalue weighted by Gasteiger charge is -2.19. The second-order valence-electron chi connectivity index (χ2n) is 4.45. The van der Waals surface area contributed by atoms with Crippen molar-refractivity contribution in [1.82, 2.24) is 10.2 Å². The number of nitrogens with zero attached hydrogens (tertiary/aromatic N) is 1. The van der Waals surface area contributed by atoms with Crippen molar-refractivity contribution in [3.8, 4) is 0 Å². The van der Waals surface area contributed by atoms with E-state index in [1.165, 1.54) is 0 Å². The van der Waals surface area contributed by atoms with Crippen molar-refractivity contribution in [2.24, 2.45) is 0 Å². The average molecular weight is 350 g/mol. The molecule has 0 saturated heterocycles. The topological polar surface area (TPSA) is 52.6 Å². The van der Waals surface area contributed by atoms with Gasteiger partial charge in [-0.15, -0.1) is 0 Å². The first-order valence-corrected chi connectivity index (χ1v) is 7.18. The predicted octanol–water partition coefficient (Wildman–Crippen LogP) is 3.01. The highest BCUT2D eigenvalue weighted by atomic mass is 79.9. The number of nitrogens with one attached hydrogen (secondary N) is 1. The summed E-state index contributed by atoms with van der Waals surface area (Å²) in [6, 6.07) is 5.35. The van der Waals surface area contributed by atoms with E-state index in [2.05, 4.69) is 21.2 Å². The zero-order valence-corrected chi connectivity index (χ0v) is 13.3. The van der Waals surface area contributed by atoms with Crippen LogP contribution >= 0.6 is 27.5 Å². The lowest BCUT2D eigenvalue weighted by atomic mass is 10.2. The fourth-order valence-electron chi connectivity index (χ4n) is 1.45. The quantitative estimate of drug-likeness (QED) is 0.858. The van der Waals surface area contributed by atoms with Gasteiger partial charge in [-0.25, -0.2) is 4.79 Å². The van der Waals surface area contributed by atoms with Crippen molar-refractivity contribution in [2.45, 2.75) is 26.0 Å². The minimum atomic E-state index is -0.406. The Kier molecular flexibility index (Phi) is 6.62. The normalized spacial score (nSPS) is 12.1. The molecule has 0 aliphatic heterocycles. The van der Waals surface area contributed by atoms with Gasteiger partial charge in [-0.05, 0) is 31.0 Å². The van der Waals surface area contributed by atoms with Crippen LogP contribution in [0.3, 0.4) is 0 Å². The number of carbonyl (C=O) groups is 1. The van der Waals surface area contributed by atoms with Crippen LogP contribution in [0.5, 0.6) is 0 Å². The van der Waals surface area contributed by atoms with Crippen LogP contribution in [-0.2, 0) is 6.54 Å². The van der Waals surface area contributed by atoms with Crippen LogP contribution in [0.4, 0.5) is 4.79 Å². The van der Waals surface area contributed by atoms with Gasteiger partial charge in [0.2, 0.25) is 0 Å². The number of carbonyl (C=O) groups excluding carboxylic acids is 1. The van der Waals surface area contributed by atoms with Crippen LogP contribution < -0.4 is 5.32 Å². The van der Waals surface area contributed by atoms with Gasteiger partial charge in [-0.1, -0.05) is 33.6 Å². The Morgan fingerprint density at radius 2 is 2.26 bits per heavy atom. The van der Waals surface area contributed by atoms with E-state index in [0.717, 1.165) is 10.0 Å². The van der Waals surface area contributed by atoms with Gasteiger partial charge in [0.25, 0.3) is 0 Å². The third-order valence-corrected chi connectivity index (χ3v) is 3.52. The van der Waals surface area contributed by atoms with Gasteiger partial charge in [-0.3, -0.25) is 0 Å². The van der Waals surface area contributed by atoms with Crippen LogP contribution in [0.1, 0.15) is 18.9 Å². The third-order valence-electron chi connectivity index (χ3n) is 2.67. The second kappa shape index (κ2) is 7.72. The number of aliphatic hydroxyl groups excluding tert-OH is 1. The van der Waals surface area contributed by atoms with Gasteiger partial charge < -0.3 is 15.3 Å². The van der Waals surface area contributed by atoms with Gasteiger partial charge in [0, 0.05) is 29.6 Å². The third kappa shape index (κ3) is 5.80. The Morgan fingerprint density at radius 1 is 1.58 bits per heavy atom. The summed E-state index contributed by atoms with van der Waals surface area (Å²) >= 11 is 9.40. The minimum Gasteiger partial charge on any atom is -0.393 e. The van der Waals surface area contributed by atoms with Gasteiger partial charge in [0.05, 0.1) is 6.10 Å². The van der Waals surface area contributed by atoms with E-state index < -0.39 is 6.10 Å². The number of amides is 2. The van der Waals surface area contributed by atoms with Crippen LogP contribution in [0.25, 0.3) is 0 Å². The summed E-state index contributed by atoms with van der Waals surface area (Å²) < 4.78 is 0.904. The van der Waals surface area contributed by atoms with E-state index in [1.807, 2.05) is 12.1 Å². The first-order chi connectivity index (χ1) is 8.90. The molecule has 19 heavy (non-hydrogen) atoms. The maximum absolute atomic E-state index is 11.8. The number of halogens is 2. The molecule has 4 nitrogen and oxygen atoms in total. The number of urea groups is 1. The molecule has 0 radical (unpaired) electrons.